The lowest BCUT2D eigenvalue weighted by Crippen LogP contribution is -2.13. The third-order valence-electron chi connectivity index (χ3n) is 4.16. The van der Waals surface area contributed by atoms with E-state index < -0.39 is 0 Å². The Balaban J connectivity index is 3.04. The van der Waals surface area contributed by atoms with Crippen molar-refractivity contribution in [1.29, 1.82) is 0 Å². The lowest BCUT2D eigenvalue weighted by Gasteiger charge is -2.07. The summed E-state index contributed by atoms with van der Waals surface area (Å²) < 4.78 is 9.58. The first-order valence-corrected chi connectivity index (χ1v) is 15.6. The predicted molar refractivity (Wildman–Crippen MR) is 155 cm³/mol. The number of ether oxygens (including phenoxy) is 2. The van der Waals surface area contributed by atoms with Gasteiger partial charge in [-0.15, -0.1) is 0 Å². The Labute approximate surface area is 290 Å². The van der Waals surface area contributed by atoms with E-state index in [2.05, 4.69) is 0 Å². The second kappa shape index (κ2) is 48.0. The number of hydrogen-bond donors (Lipinski definition) is 0. The highest BCUT2D eigenvalue weighted by Gasteiger charge is 1.99. The van der Waals surface area contributed by atoms with Gasteiger partial charge < -0.3 is 9.47 Å². The number of hydrogen-bond acceptors (Lipinski definition) is 24. The highest BCUT2D eigenvalue weighted by molar-refractivity contribution is 4.26. The standard InChI is InChI=1S/C26H54O24/c1-27-3-5-29-31-7-9-33-35-11-13-37-39-15-17-41-43-19-21-45-47-23-25-49-50-26-24-48-46-22-20-44-42-18-16-40-38-14-12-36-34-10-8-32-30-6-4-28-2/h3-26H2,1-2H3. The van der Waals surface area contributed by atoms with Gasteiger partial charge in [0.15, 0.2) is 0 Å². The molecule has 24 nitrogen and oxygen atoms in total. The van der Waals surface area contributed by atoms with Crippen LogP contribution in [0.2, 0.25) is 0 Å². The molecule has 0 aromatic rings. The van der Waals surface area contributed by atoms with Crippen LogP contribution in [0.15, 0.2) is 0 Å². The molecule has 0 aliphatic carbocycles. The van der Waals surface area contributed by atoms with Crippen molar-refractivity contribution in [3.63, 3.8) is 0 Å². The Morgan fingerprint density at radius 2 is 0.220 bits per heavy atom. The van der Waals surface area contributed by atoms with E-state index in [0.717, 1.165) is 0 Å². The monoisotopic (exact) mass is 750 g/mol. The minimum Gasteiger partial charge on any atom is -0.382 e. The lowest BCUT2D eigenvalue weighted by atomic mass is 10.8. The number of methoxy groups -OCH3 is 2. The zero-order valence-corrected chi connectivity index (χ0v) is 28.8. The Hall–Kier alpha value is -0.960. The summed E-state index contributed by atoms with van der Waals surface area (Å²) in [6.45, 7) is 4.51. The van der Waals surface area contributed by atoms with E-state index >= 15 is 0 Å². The molecule has 0 aromatic heterocycles. The molecule has 0 aromatic carbocycles. The Morgan fingerprint density at radius 3 is 0.300 bits per heavy atom. The first kappa shape index (κ1) is 49.0. The summed E-state index contributed by atoms with van der Waals surface area (Å²) in [5.41, 5.74) is 0. The van der Waals surface area contributed by atoms with Crippen LogP contribution in [-0.2, 0) is 117 Å². The Kier molecular flexibility index (Phi) is 47.1. The molecule has 0 spiro atoms. The molecule has 0 saturated heterocycles. The maximum Gasteiger partial charge on any atom is 0.109 e. The fourth-order valence-electron chi connectivity index (χ4n) is 2.21. The van der Waals surface area contributed by atoms with Gasteiger partial charge in [-0.25, -0.2) is 108 Å². The van der Waals surface area contributed by atoms with Crippen LogP contribution in [0.5, 0.6) is 0 Å². The zero-order valence-electron chi connectivity index (χ0n) is 28.8. The summed E-state index contributed by atoms with van der Waals surface area (Å²) in [7, 11) is 3.13. The van der Waals surface area contributed by atoms with Gasteiger partial charge in [0.1, 0.15) is 145 Å². The van der Waals surface area contributed by atoms with Gasteiger partial charge in [0.25, 0.3) is 0 Å². The van der Waals surface area contributed by atoms with Crippen LogP contribution in [0, 0.1) is 0 Å². The summed E-state index contributed by atoms with van der Waals surface area (Å²) in [6.07, 6.45) is 0. The molecule has 302 valence electrons. The molecular formula is C26H54O24. The van der Waals surface area contributed by atoms with Gasteiger partial charge in [0, 0.05) is 14.2 Å². The van der Waals surface area contributed by atoms with Crippen molar-refractivity contribution in [3.8, 4) is 0 Å². The molecule has 0 atom stereocenters. The second-order valence-electron chi connectivity index (χ2n) is 8.07. The molecule has 0 aliphatic rings. The fourth-order valence-corrected chi connectivity index (χ4v) is 2.21. The average molecular weight is 751 g/mol. The van der Waals surface area contributed by atoms with Crippen molar-refractivity contribution in [1.82, 2.24) is 0 Å². The van der Waals surface area contributed by atoms with Crippen LogP contribution in [0.1, 0.15) is 0 Å². The smallest absolute Gasteiger partial charge is 0.109 e. The van der Waals surface area contributed by atoms with E-state index in [4.69, 9.17) is 117 Å². The van der Waals surface area contributed by atoms with Gasteiger partial charge in [-0.1, -0.05) is 0 Å². The molecule has 50 heavy (non-hydrogen) atoms. The minimum absolute atomic E-state index is 0.121. The van der Waals surface area contributed by atoms with Gasteiger partial charge in [0.2, 0.25) is 0 Å². The summed E-state index contributed by atoms with van der Waals surface area (Å²) in [6, 6.07) is 0. The lowest BCUT2D eigenvalue weighted by molar-refractivity contribution is -0.380. The van der Waals surface area contributed by atoms with E-state index in [1.807, 2.05) is 0 Å². The SMILES string of the molecule is COCCOOCCOOCCOOCCOOCCOOCCOOCCOOCCOOCCOOCCOOCCOOCCOC. The molecule has 0 rings (SSSR count). The van der Waals surface area contributed by atoms with Gasteiger partial charge >= 0.3 is 0 Å². The van der Waals surface area contributed by atoms with E-state index in [1.54, 1.807) is 14.2 Å². The van der Waals surface area contributed by atoms with E-state index in [0.29, 0.717) is 26.4 Å². The van der Waals surface area contributed by atoms with Crippen LogP contribution in [0.4, 0.5) is 0 Å². The fraction of sp³-hybridized carbons (Fsp3) is 1.00. The molecule has 0 amide bonds. The largest absolute Gasteiger partial charge is 0.382 e. The first-order chi connectivity index (χ1) is 24.9. The van der Waals surface area contributed by atoms with Gasteiger partial charge in [-0.2, -0.15) is 0 Å². The maximum atomic E-state index is 4.88. The Morgan fingerprint density at radius 1 is 0.140 bits per heavy atom. The number of rotatable bonds is 47. The molecular weight excluding hydrogens is 696 g/mol. The zero-order chi connectivity index (χ0) is 35.9. The van der Waals surface area contributed by atoms with Crippen LogP contribution >= 0.6 is 0 Å². The van der Waals surface area contributed by atoms with E-state index in [1.165, 1.54) is 0 Å². The average Bonchev–Trinajstić information content (AvgIpc) is 3.13. The van der Waals surface area contributed by atoms with E-state index in [9.17, 15) is 0 Å². The minimum atomic E-state index is 0.121. The van der Waals surface area contributed by atoms with Crippen molar-refractivity contribution >= 4 is 0 Å². The topological polar surface area (TPSA) is 222 Å². The van der Waals surface area contributed by atoms with Crippen molar-refractivity contribution in [2.45, 2.75) is 0 Å². The normalized spacial score (nSPS) is 11.6. The van der Waals surface area contributed by atoms with Crippen molar-refractivity contribution in [2.24, 2.45) is 0 Å². The molecule has 0 aliphatic heterocycles. The van der Waals surface area contributed by atoms with Gasteiger partial charge in [-0.3, -0.25) is 0 Å². The highest BCUT2D eigenvalue weighted by atomic mass is 17.3. The summed E-state index contributed by atoms with van der Waals surface area (Å²) >= 11 is 0. The predicted octanol–water partition coefficient (Wildman–Crippen LogP) is -0.291. The van der Waals surface area contributed by atoms with Gasteiger partial charge in [-0.05, 0) is 0 Å². The molecule has 0 saturated carbocycles. The molecule has 0 radical (unpaired) electrons. The highest BCUT2D eigenvalue weighted by Crippen LogP contribution is 1.90. The Bertz CT molecular complexity index is 538. The first-order valence-electron chi connectivity index (χ1n) is 15.6. The van der Waals surface area contributed by atoms with Crippen LogP contribution in [0.25, 0.3) is 0 Å². The van der Waals surface area contributed by atoms with Crippen LogP contribution < -0.4 is 0 Å². The van der Waals surface area contributed by atoms with Crippen molar-refractivity contribution < 1.29 is 117 Å². The molecule has 0 unspecified atom stereocenters. The molecule has 0 fully saturated rings. The summed E-state index contributed by atoms with van der Waals surface area (Å²) in [5, 5.41) is 0. The van der Waals surface area contributed by atoms with Crippen LogP contribution in [-0.4, -0.2) is 173 Å². The summed E-state index contributed by atoms with van der Waals surface area (Å²) in [5.74, 6) is 0. The molecule has 24 heteroatoms. The van der Waals surface area contributed by atoms with Gasteiger partial charge in [0.05, 0.1) is 13.2 Å². The molecule has 0 N–H and O–H groups in total. The van der Waals surface area contributed by atoms with E-state index in [-0.39, 0.29) is 132 Å². The quantitative estimate of drug-likeness (QED) is 0.0443. The summed E-state index contributed by atoms with van der Waals surface area (Å²) in [4.78, 5) is 107. The van der Waals surface area contributed by atoms with Crippen LogP contribution in [0.3, 0.4) is 0 Å². The second-order valence-corrected chi connectivity index (χ2v) is 8.07. The third kappa shape index (κ3) is 47.0. The van der Waals surface area contributed by atoms with Crippen molar-refractivity contribution in [2.75, 3.05) is 173 Å². The van der Waals surface area contributed by atoms with Crippen molar-refractivity contribution in [3.05, 3.63) is 0 Å². The third-order valence-corrected chi connectivity index (χ3v) is 4.16. The maximum absolute atomic E-state index is 4.88. The molecule has 0 bridgehead atoms. The molecule has 0 heterocycles.